The van der Waals surface area contributed by atoms with Gasteiger partial charge in [-0.05, 0) is 25.8 Å². The lowest BCUT2D eigenvalue weighted by molar-refractivity contribution is -0.150. The van der Waals surface area contributed by atoms with Gasteiger partial charge in [-0.3, -0.25) is 0 Å². The van der Waals surface area contributed by atoms with Gasteiger partial charge in [0.05, 0.1) is 6.61 Å². The Morgan fingerprint density at radius 3 is 2.65 bits per heavy atom. The molecule has 0 N–H and O–H groups in total. The Morgan fingerprint density at radius 2 is 2.18 bits per heavy atom. The molecule has 1 aliphatic rings. The standard InChI is InChI=1S/C13H18O4/c1-5-8-13(6-2)9(4)10(12(15)17-13)11(14)16-7-3/h5H,1,6-8H2,2-4H3/t13-/m1/s1. The third-order valence-electron chi connectivity index (χ3n) is 3.08. The van der Waals surface area contributed by atoms with Crippen molar-refractivity contribution in [2.45, 2.75) is 39.2 Å². The van der Waals surface area contributed by atoms with E-state index in [1.807, 2.05) is 6.92 Å². The van der Waals surface area contributed by atoms with Crippen LogP contribution in [0.5, 0.6) is 0 Å². The molecule has 0 aromatic heterocycles. The van der Waals surface area contributed by atoms with Crippen molar-refractivity contribution < 1.29 is 19.1 Å². The lowest BCUT2D eigenvalue weighted by atomic mass is 9.87. The van der Waals surface area contributed by atoms with Crippen LogP contribution < -0.4 is 0 Å². The van der Waals surface area contributed by atoms with Crippen molar-refractivity contribution in [1.82, 2.24) is 0 Å². The van der Waals surface area contributed by atoms with Gasteiger partial charge in [-0.15, -0.1) is 6.58 Å². The van der Waals surface area contributed by atoms with Gasteiger partial charge in [0, 0.05) is 6.42 Å². The summed E-state index contributed by atoms with van der Waals surface area (Å²) in [5.41, 5.74) is -0.0418. The molecule has 94 valence electrons. The molecule has 0 amide bonds. The zero-order valence-electron chi connectivity index (χ0n) is 10.5. The summed E-state index contributed by atoms with van der Waals surface area (Å²) in [6.07, 6.45) is 2.80. The van der Waals surface area contributed by atoms with Gasteiger partial charge in [0.1, 0.15) is 11.2 Å². The summed E-state index contributed by atoms with van der Waals surface area (Å²) in [4.78, 5) is 23.4. The maximum Gasteiger partial charge on any atom is 0.346 e. The smallest absolute Gasteiger partial charge is 0.346 e. The maximum atomic E-state index is 11.7. The Balaban J connectivity index is 3.13. The van der Waals surface area contributed by atoms with Crippen LogP contribution in [0.15, 0.2) is 23.8 Å². The van der Waals surface area contributed by atoms with E-state index in [1.54, 1.807) is 19.9 Å². The van der Waals surface area contributed by atoms with Gasteiger partial charge in [0.25, 0.3) is 0 Å². The largest absolute Gasteiger partial charge is 0.462 e. The first-order valence-corrected chi connectivity index (χ1v) is 5.75. The Labute approximate surface area is 101 Å². The summed E-state index contributed by atoms with van der Waals surface area (Å²) in [7, 11) is 0. The molecule has 1 heterocycles. The first kappa shape index (κ1) is 13.5. The number of cyclic esters (lactones) is 1. The first-order chi connectivity index (χ1) is 8.02. The Bertz CT molecular complexity index is 381. The van der Waals surface area contributed by atoms with Crippen LogP contribution in [0.3, 0.4) is 0 Å². The predicted octanol–water partition coefficient (Wildman–Crippen LogP) is 2.15. The molecule has 1 rings (SSSR count). The van der Waals surface area contributed by atoms with Gasteiger partial charge in [-0.25, -0.2) is 9.59 Å². The van der Waals surface area contributed by atoms with Crippen molar-refractivity contribution in [3.05, 3.63) is 23.8 Å². The van der Waals surface area contributed by atoms with E-state index < -0.39 is 17.5 Å². The normalized spacial score (nSPS) is 23.6. The SMILES string of the molecule is C=CC[C@@]1(CC)OC(=O)C(C(=O)OCC)=C1C. The minimum absolute atomic E-state index is 0.0375. The van der Waals surface area contributed by atoms with Crippen LogP contribution in [0.2, 0.25) is 0 Å². The zero-order chi connectivity index (χ0) is 13.1. The average molecular weight is 238 g/mol. The van der Waals surface area contributed by atoms with Crippen molar-refractivity contribution >= 4 is 11.9 Å². The molecule has 0 aromatic rings. The van der Waals surface area contributed by atoms with Crippen LogP contribution in [0, 0.1) is 0 Å². The predicted molar refractivity (Wildman–Crippen MR) is 63.3 cm³/mol. The number of hydrogen-bond donors (Lipinski definition) is 0. The van der Waals surface area contributed by atoms with Crippen molar-refractivity contribution in [2.75, 3.05) is 6.61 Å². The molecule has 0 radical (unpaired) electrons. The van der Waals surface area contributed by atoms with Crippen LogP contribution in [0.25, 0.3) is 0 Å². The highest BCUT2D eigenvalue weighted by molar-refractivity contribution is 6.16. The van der Waals surface area contributed by atoms with Crippen LogP contribution in [0.1, 0.15) is 33.6 Å². The van der Waals surface area contributed by atoms with Gasteiger partial charge in [0.15, 0.2) is 0 Å². The maximum absolute atomic E-state index is 11.7. The van der Waals surface area contributed by atoms with E-state index >= 15 is 0 Å². The highest BCUT2D eigenvalue weighted by Crippen LogP contribution is 2.38. The molecular weight excluding hydrogens is 220 g/mol. The Hall–Kier alpha value is -1.58. The summed E-state index contributed by atoms with van der Waals surface area (Å²) < 4.78 is 10.2. The third-order valence-corrected chi connectivity index (χ3v) is 3.08. The number of carbonyl (C=O) groups is 2. The molecule has 4 heteroatoms. The monoisotopic (exact) mass is 238 g/mol. The van der Waals surface area contributed by atoms with E-state index in [-0.39, 0.29) is 12.2 Å². The fourth-order valence-electron chi connectivity index (χ4n) is 2.04. The summed E-state index contributed by atoms with van der Waals surface area (Å²) in [5, 5.41) is 0. The number of carbonyl (C=O) groups excluding carboxylic acids is 2. The second-order valence-electron chi connectivity index (χ2n) is 3.95. The fraction of sp³-hybridized carbons (Fsp3) is 0.538. The van der Waals surface area contributed by atoms with Gasteiger partial charge in [-0.2, -0.15) is 0 Å². The number of esters is 2. The molecule has 0 saturated carbocycles. The van der Waals surface area contributed by atoms with Gasteiger partial charge in [-0.1, -0.05) is 13.0 Å². The highest BCUT2D eigenvalue weighted by atomic mass is 16.6. The molecule has 1 aliphatic heterocycles. The molecule has 0 aromatic carbocycles. The van der Waals surface area contributed by atoms with Crippen molar-refractivity contribution in [1.29, 1.82) is 0 Å². The highest BCUT2D eigenvalue weighted by Gasteiger charge is 2.46. The van der Waals surface area contributed by atoms with Gasteiger partial charge in [0.2, 0.25) is 0 Å². The molecule has 4 nitrogen and oxygen atoms in total. The van der Waals surface area contributed by atoms with E-state index in [9.17, 15) is 9.59 Å². The minimum atomic E-state index is -0.721. The lowest BCUT2D eigenvalue weighted by Crippen LogP contribution is -2.29. The Kier molecular flexibility index (Phi) is 4.10. The fourth-order valence-corrected chi connectivity index (χ4v) is 2.04. The van der Waals surface area contributed by atoms with Crippen LogP contribution >= 0.6 is 0 Å². The summed E-state index contributed by atoms with van der Waals surface area (Å²) in [5.74, 6) is -1.20. The topological polar surface area (TPSA) is 52.6 Å². The number of ether oxygens (including phenoxy) is 2. The summed E-state index contributed by atoms with van der Waals surface area (Å²) in [6.45, 7) is 9.24. The quantitative estimate of drug-likeness (QED) is 0.418. The molecule has 0 unspecified atom stereocenters. The summed E-state index contributed by atoms with van der Waals surface area (Å²) in [6, 6.07) is 0. The van der Waals surface area contributed by atoms with Crippen LogP contribution in [-0.2, 0) is 19.1 Å². The van der Waals surface area contributed by atoms with E-state index in [1.165, 1.54) is 0 Å². The number of rotatable bonds is 5. The van der Waals surface area contributed by atoms with Crippen LogP contribution in [-0.4, -0.2) is 24.1 Å². The summed E-state index contributed by atoms with van der Waals surface area (Å²) >= 11 is 0. The molecule has 0 saturated heterocycles. The van der Waals surface area contributed by atoms with Crippen molar-refractivity contribution in [3.63, 3.8) is 0 Å². The molecule has 1 atom stereocenters. The molecule has 0 spiro atoms. The van der Waals surface area contributed by atoms with E-state index in [0.29, 0.717) is 18.4 Å². The lowest BCUT2D eigenvalue weighted by Gasteiger charge is -2.26. The molecule has 17 heavy (non-hydrogen) atoms. The minimum Gasteiger partial charge on any atom is -0.462 e. The van der Waals surface area contributed by atoms with E-state index in [2.05, 4.69) is 6.58 Å². The van der Waals surface area contributed by atoms with Crippen molar-refractivity contribution in [3.8, 4) is 0 Å². The second-order valence-corrected chi connectivity index (χ2v) is 3.95. The zero-order valence-corrected chi connectivity index (χ0v) is 10.5. The molecule has 0 aliphatic carbocycles. The van der Waals surface area contributed by atoms with Crippen LogP contribution in [0.4, 0.5) is 0 Å². The van der Waals surface area contributed by atoms with Crippen molar-refractivity contribution in [2.24, 2.45) is 0 Å². The Morgan fingerprint density at radius 1 is 1.53 bits per heavy atom. The van der Waals surface area contributed by atoms with Gasteiger partial charge < -0.3 is 9.47 Å². The third kappa shape index (κ3) is 2.25. The van der Waals surface area contributed by atoms with Gasteiger partial charge >= 0.3 is 11.9 Å². The molecular formula is C13H18O4. The molecule has 0 fully saturated rings. The van der Waals surface area contributed by atoms with E-state index in [0.717, 1.165) is 0 Å². The second kappa shape index (κ2) is 5.17. The molecule has 0 bridgehead atoms. The first-order valence-electron chi connectivity index (χ1n) is 5.75. The van der Waals surface area contributed by atoms with E-state index in [4.69, 9.17) is 9.47 Å². The average Bonchev–Trinajstić information content (AvgIpc) is 2.52. The number of hydrogen-bond acceptors (Lipinski definition) is 4.